The van der Waals surface area contributed by atoms with Gasteiger partial charge in [0, 0.05) is 24.0 Å². The number of rotatable bonds is 5. The lowest BCUT2D eigenvalue weighted by atomic mass is 9.96. The molecule has 2 aromatic heterocycles. The summed E-state index contributed by atoms with van der Waals surface area (Å²) in [6, 6.07) is 18.4. The van der Waals surface area contributed by atoms with Crippen LogP contribution in [0.1, 0.15) is 18.0 Å². The van der Waals surface area contributed by atoms with Crippen molar-refractivity contribution in [1.82, 2.24) is 9.55 Å². The molecule has 124 valence electrons. The molecule has 0 aliphatic rings. The number of thiazole rings is 1. The van der Waals surface area contributed by atoms with Gasteiger partial charge >= 0.3 is 0 Å². The van der Waals surface area contributed by atoms with Crippen LogP contribution in [0.2, 0.25) is 0 Å². The van der Waals surface area contributed by atoms with Crippen LogP contribution in [0.4, 0.5) is 5.13 Å². The number of nitrogens with zero attached hydrogens (tertiary/aromatic N) is 2. The van der Waals surface area contributed by atoms with Gasteiger partial charge in [-0.3, -0.25) is 4.79 Å². The van der Waals surface area contributed by atoms with E-state index in [1.54, 1.807) is 6.20 Å². The zero-order valence-corrected chi connectivity index (χ0v) is 14.3. The van der Waals surface area contributed by atoms with Gasteiger partial charge in [-0.15, -0.1) is 11.3 Å². The summed E-state index contributed by atoms with van der Waals surface area (Å²) in [7, 11) is 0. The molecule has 0 fully saturated rings. The molecule has 4 aromatic rings. The van der Waals surface area contributed by atoms with Crippen molar-refractivity contribution in [2.45, 2.75) is 12.5 Å². The highest BCUT2D eigenvalue weighted by Gasteiger charge is 2.20. The lowest BCUT2D eigenvalue weighted by Crippen LogP contribution is -2.19. The topological polar surface area (TPSA) is 46.9 Å². The van der Waals surface area contributed by atoms with Gasteiger partial charge in [0.15, 0.2) is 5.13 Å². The van der Waals surface area contributed by atoms with E-state index in [1.807, 2.05) is 48.1 Å². The number of aromatic nitrogens is 2. The standard InChI is InChI=1S/C20H17N3OS/c24-19(22-20-21-10-13-25-20)14-18(23-11-3-4-12-23)17-9-5-7-15-6-1-2-8-16(15)17/h1-13,18H,14H2,(H,21,22,24)/t18-/m1/s1. The first-order valence-corrected chi connectivity index (χ1v) is 8.99. The summed E-state index contributed by atoms with van der Waals surface area (Å²) in [6.45, 7) is 0. The van der Waals surface area contributed by atoms with Crippen LogP contribution in [-0.2, 0) is 4.79 Å². The summed E-state index contributed by atoms with van der Waals surface area (Å²) in [6.07, 6.45) is 6.04. The lowest BCUT2D eigenvalue weighted by Gasteiger charge is -2.21. The number of amides is 1. The van der Waals surface area contributed by atoms with Crippen molar-refractivity contribution in [2.75, 3.05) is 5.32 Å². The van der Waals surface area contributed by atoms with Crippen molar-refractivity contribution in [3.05, 3.63) is 84.1 Å². The second-order valence-corrected chi connectivity index (χ2v) is 6.70. The molecule has 2 heterocycles. The largest absolute Gasteiger partial charge is 0.346 e. The van der Waals surface area contributed by atoms with E-state index in [0.717, 1.165) is 5.56 Å². The van der Waals surface area contributed by atoms with E-state index < -0.39 is 0 Å². The van der Waals surface area contributed by atoms with Gasteiger partial charge in [-0.05, 0) is 28.5 Å². The Morgan fingerprint density at radius 2 is 1.88 bits per heavy atom. The minimum atomic E-state index is -0.0685. The molecule has 0 radical (unpaired) electrons. The first-order valence-electron chi connectivity index (χ1n) is 8.11. The monoisotopic (exact) mass is 347 g/mol. The molecule has 0 unspecified atom stereocenters. The normalized spacial score (nSPS) is 12.2. The van der Waals surface area contributed by atoms with E-state index in [4.69, 9.17) is 0 Å². The summed E-state index contributed by atoms with van der Waals surface area (Å²) >= 11 is 1.42. The molecule has 0 bridgehead atoms. The fraction of sp³-hybridized carbons (Fsp3) is 0.100. The molecule has 0 aliphatic carbocycles. The van der Waals surface area contributed by atoms with Crippen LogP contribution in [0.5, 0.6) is 0 Å². The van der Waals surface area contributed by atoms with E-state index in [9.17, 15) is 4.79 Å². The maximum Gasteiger partial charge on any atom is 0.228 e. The van der Waals surface area contributed by atoms with E-state index in [-0.39, 0.29) is 11.9 Å². The minimum absolute atomic E-state index is 0.0402. The van der Waals surface area contributed by atoms with Crippen LogP contribution in [0, 0.1) is 0 Å². The molecular formula is C20H17N3OS. The Labute approximate surface area is 149 Å². The Morgan fingerprint density at radius 3 is 2.68 bits per heavy atom. The van der Waals surface area contributed by atoms with Crippen molar-refractivity contribution >= 4 is 33.1 Å². The molecule has 0 saturated carbocycles. The van der Waals surface area contributed by atoms with Crippen LogP contribution in [0.25, 0.3) is 10.8 Å². The van der Waals surface area contributed by atoms with E-state index >= 15 is 0 Å². The summed E-state index contributed by atoms with van der Waals surface area (Å²) in [5.74, 6) is -0.0402. The van der Waals surface area contributed by atoms with Gasteiger partial charge < -0.3 is 9.88 Å². The first-order chi connectivity index (χ1) is 12.3. The number of hydrogen-bond acceptors (Lipinski definition) is 3. The highest BCUT2D eigenvalue weighted by molar-refractivity contribution is 7.13. The molecule has 0 aliphatic heterocycles. The number of nitrogens with one attached hydrogen (secondary N) is 1. The van der Waals surface area contributed by atoms with Crippen molar-refractivity contribution < 1.29 is 4.79 Å². The van der Waals surface area contributed by atoms with Gasteiger partial charge in [0.2, 0.25) is 5.91 Å². The first kappa shape index (κ1) is 15.6. The van der Waals surface area contributed by atoms with E-state index in [0.29, 0.717) is 11.6 Å². The molecule has 1 amide bonds. The fourth-order valence-corrected chi connectivity index (χ4v) is 3.65. The number of hydrogen-bond donors (Lipinski definition) is 1. The van der Waals surface area contributed by atoms with Gasteiger partial charge in [0.05, 0.1) is 12.5 Å². The van der Waals surface area contributed by atoms with Gasteiger partial charge in [0.1, 0.15) is 0 Å². The zero-order chi connectivity index (χ0) is 17.1. The quantitative estimate of drug-likeness (QED) is 0.568. The Morgan fingerprint density at radius 1 is 1.08 bits per heavy atom. The molecule has 0 saturated heterocycles. The molecule has 0 spiro atoms. The average Bonchev–Trinajstić information content (AvgIpc) is 3.33. The van der Waals surface area contributed by atoms with Crippen LogP contribution < -0.4 is 5.32 Å². The van der Waals surface area contributed by atoms with E-state index in [2.05, 4.69) is 39.1 Å². The molecule has 5 heteroatoms. The molecule has 25 heavy (non-hydrogen) atoms. The Hall–Kier alpha value is -2.92. The fourth-order valence-electron chi connectivity index (χ4n) is 3.10. The zero-order valence-electron chi connectivity index (χ0n) is 13.5. The molecular weight excluding hydrogens is 330 g/mol. The predicted octanol–water partition coefficient (Wildman–Crippen LogP) is 4.72. The maximum atomic E-state index is 12.6. The van der Waals surface area contributed by atoms with E-state index in [1.165, 1.54) is 22.1 Å². The Kier molecular flexibility index (Phi) is 4.31. The molecule has 4 rings (SSSR count). The van der Waals surface area contributed by atoms with Crippen LogP contribution >= 0.6 is 11.3 Å². The number of anilines is 1. The van der Waals surface area contributed by atoms with Crippen LogP contribution in [-0.4, -0.2) is 15.5 Å². The van der Waals surface area contributed by atoms with Gasteiger partial charge in [-0.25, -0.2) is 4.98 Å². The molecule has 1 atom stereocenters. The molecule has 2 aromatic carbocycles. The van der Waals surface area contributed by atoms with Crippen molar-refractivity contribution in [1.29, 1.82) is 0 Å². The second-order valence-electron chi connectivity index (χ2n) is 5.80. The molecule has 4 nitrogen and oxygen atoms in total. The Balaban J connectivity index is 1.70. The van der Waals surface area contributed by atoms with Crippen molar-refractivity contribution in [3.8, 4) is 0 Å². The van der Waals surface area contributed by atoms with Crippen molar-refractivity contribution in [3.63, 3.8) is 0 Å². The summed E-state index contributed by atoms with van der Waals surface area (Å²) in [5.41, 5.74) is 1.14. The smallest absolute Gasteiger partial charge is 0.228 e. The minimum Gasteiger partial charge on any atom is -0.346 e. The highest BCUT2D eigenvalue weighted by atomic mass is 32.1. The summed E-state index contributed by atoms with van der Waals surface area (Å²) in [4.78, 5) is 16.7. The Bertz CT molecular complexity index is 972. The maximum absolute atomic E-state index is 12.6. The third-order valence-electron chi connectivity index (χ3n) is 4.23. The average molecular weight is 347 g/mol. The lowest BCUT2D eigenvalue weighted by molar-refractivity contribution is -0.116. The SMILES string of the molecule is O=C(C[C@H](c1cccc2ccccc12)n1cccc1)Nc1nccs1. The number of carbonyl (C=O) groups excluding carboxylic acids is 1. The third-order valence-corrected chi connectivity index (χ3v) is 4.92. The highest BCUT2D eigenvalue weighted by Crippen LogP contribution is 2.30. The van der Waals surface area contributed by atoms with Gasteiger partial charge in [0.25, 0.3) is 0 Å². The van der Waals surface area contributed by atoms with Crippen LogP contribution in [0.15, 0.2) is 78.6 Å². The summed E-state index contributed by atoms with van der Waals surface area (Å²) < 4.78 is 2.09. The number of carbonyl (C=O) groups is 1. The number of fused-ring (bicyclic) bond motifs is 1. The predicted molar refractivity (Wildman–Crippen MR) is 102 cm³/mol. The van der Waals surface area contributed by atoms with Crippen LogP contribution in [0.3, 0.4) is 0 Å². The second kappa shape index (κ2) is 6.91. The summed E-state index contributed by atoms with van der Waals surface area (Å²) in [5, 5.41) is 7.72. The number of benzene rings is 2. The van der Waals surface area contributed by atoms with Crippen molar-refractivity contribution in [2.24, 2.45) is 0 Å². The van der Waals surface area contributed by atoms with Gasteiger partial charge in [-0.1, -0.05) is 42.5 Å². The third kappa shape index (κ3) is 3.32. The molecule has 1 N–H and O–H groups in total. The van der Waals surface area contributed by atoms with Gasteiger partial charge in [-0.2, -0.15) is 0 Å².